The summed E-state index contributed by atoms with van der Waals surface area (Å²) in [6.07, 6.45) is 8.46. The molecule has 0 bridgehead atoms. The van der Waals surface area contributed by atoms with Gasteiger partial charge < -0.3 is 4.90 Å². The fourth-order valence-electron chi connectivity index (χ4n) is 2.10. The van der Waals surface area contributed by atoms with Crippen molar-refractivity contribution in [2.24, 2.45) is 0 Å². The number of hydrogen-bond donors (Lipinski definition) is 0. The molecule has 0 aromatic carbocycles. The van der Waals surface area contributed by atoms with E-state index in [9.17, 15) is 0 Å². The summed E-state index contributed by atoms with van der Waals surface area (Å²) in [7, 11) is 2.08. The summed E-state index contributed by atoms with van der Waals surface area (Å²) in [6, 6.07) is 4.11. The fourth-order valence-corrected chi connectivity index (χ4v) is 2.10. The van der Waals surface area contributed by atoms with Gasteiger partial charge in [-0.15, -0.1) is 0 Å². The second kappa shape index (κ2) is 3.05. The molecule has 0 spiro atoms. The van der Waals surface area contributed by atoms with Gasteiger partial charge in [-0.3, -0.25) is 9.97 Å². The molecule has 0 atom stereocenters. The highest BCUT2D eigenvalue weighted by molar-refractivity contribution is 5.72. The van der Waals surface area contributed by atoms with Crippen LogP contribution in [0.15, 0.2) is 36.9 Å². The maximum Gasteiger partial charge on any atom is 0.0475 e. The standard InChI is InChI=1S/C12H11N3/c1-15-11-2-4-13-7-9(11)6-10-8-14-5-3-12(10)15/h2-5,7-8H,6H2,1H3. The van der Waals surface area contributed by atoms with Crippen LogP contribution in [-0.2, 0) is 6.42 Å². The van der Waals surface area contributed by atoms with Gasteiger partial charge in [0.05, 0.1) is 0 Å². The molecule has 0 fully saturated rings. The molecule has 2 aromatic heterocycles. The number of nitrogens with zero attached hydrogens (tertiary/aromatic N) is 3. The number of pyridine rings is 2. The predicted octanol–water partition coefficient (Wildman–Crippen LogP) is 2.15. The predicted molar refractivity (Wildman–Crippen MR) is 59.3 cm³/mol. The van der Waals surface area contributed by atoms with Crippen molar-refractivity contribution in [3.8, 4) is 0 Å². The lowest BCUT2D eigenvalue weighted by atomic mass is 9.99. The molecule has 0 saturated carbocycles. The largest absolute Gasteiger partial charge is 0.344 e. The highest BCUT2D eigenvalue weighted by Crippen LogP contribution is 2.35. The van der Waals surface area contributed by atoms with Crippen LogP contribution in [-0.4, -0.2) is 17.0 Å². The van der Waals surface area contributed by atoms with Crippen molar-refractivity contribution >= 4 is 11.4 Å². The minimum Gasteiger partial charge on any atom is -0.344 e. The maximum absolute atomic E-state index is 4.16. The zero-order chi connectivity index (χ0) is 10.3. The van der Waals surface area contributed by atoms with Gasteiger partial charge in [0, 0.05) is 49.6 Å². The van der Waals surface area contributed by atoms with Crippen LogP contribution in [0, 0.1) is 0 Å². The minimum atomic E-state index is 0.927. The lowest BCUT2D eigenvalue weighted by Gasteiger charge is -2.29. The zero-order valence-corrected chi connectivity index (χ0v) is 8.51. The van der Waals surface area contributed by atoms with Crippen molar-refractivity contribution in [3.05, 3.63) is 48.0 Å². The number of anilines is 2. The van der Waals surface area contributed by atoms with Gasteiger partial charge in [-0.25, -0.2) is 0 Å². The van der Waals surface area contributed by atoms with E-state index in [2.05, 4.69) is 34.0 Å². The second-order valence-corrected chi connectivity index (χ2v) is 3.74. The Morgan fingerprint density at radius 1 is 1.00 bits per heavy atom. The first-order valence-corrected chi connectivity index (χ1v) is 4.96. The van der Waals surface area contributed by atoms with Crippen molar-refractivity contribution in [1.82, 2.24) is 9.97 Å². The first-order chi connectivity index (χ1) is 7.36. The summed E-state index contributed by atoms with van der Waals surface area (Å²) in [5.41, 5.74) is 5.01. The topological polar surface area (TPSA) is 29.0 Å². The highest BCUT2D eigenvalue weighted by Gasteiger charge is 2.18. The van der Waals surface area contributed by atoms with Crippen LogP contribution >= 0.6 is 0 Å². The van der Waals surface area contributed by atoms with Crippen molar-refractivity contribution in [3.63, 3.8) is 0 Å². The van der Waals surface area contributed by atoms with E-state index in [0.717, 1.165) is 6.42 Å². The van der Waals surface area contributed by atoms with Gasteiger partial charge in [0.2, 0.25) is 0 Å². The molecule has 3 nitrogen and oxygen atoms in total. The molecule has 3 heteroatoms. The molecule has 0 radical (unpaired) electrons. The summed E-state index contributed by atoms with van der Waals surface area (Å²) >= 11 is 0. The lowest BCUT2D eigenvalue weighted by Crippen LogP contribution is -2.18. The monoisotopic (exact) mass is 197 g/mol. The third kappa shape index (κ3) is 1.20. The van der Waals surface area contributed by atoms with Crippen LogP contribution in [0.5, 0.6) is 0 Å². The van der Waals surface area contributed by atoms with Crippen molar-refractivity contribution < 1.29 is 0 Å². The van der Waals surface area contributed by atoms with E-state index in [4.69, 9.17) is 0 Å². The van der Waals surface area contributed by atoms with Gasteiger partial charge in [0.15, 0.2) is 0 Å². The highest BCUT2D eigenvalue weighted by atomic mass is 15.1. The Hall–Kier alpha value is -1.90. The number of rotatable bonds is 0. The fraction of sp³-hybridized carbons (Fsp3) is 0.167. The molecule has 3 heterocycles. The summed E-state index contributed by atoms with van der Waals surface area (Å²) in [5.74, 6) is 0. The van der Waals surface area contributed by atoms with Gasteiger partial charge >= 0.3 is 0 Å². The van der Waals surface area contributed by atoms with Crippen LogP contribution in [0.3, 0.4) is 0 Å². The molecule has 74 valence electrons. The van der Waals surface area contributed by atoms with Gasteiger partial charge in [-0.05, 0) is 23.3 Å². The normalized spacial score (nSPS) is 13.3. The molecular weight excluding hydrogens is 186 g/mol. The molecular formula is C12H11N3. The average molecular weight is 197 g/mol. The van der Waals surface area contributed by atoms with Gasteiger partial charge in [-0.1, -0.05) is 0 Å². The van der Waals surface area contributed by atoms with Crippen LogP contribution in [0.2, 0.25) is 0 Å². The molecule has 1 aliphatic heterocycles. The van der Waals surface area contributed by atoms with Gasteiger partial charge in [-0.2, -0.15) is 0 Å². The number of hydrogen-bond acceptors (Lipinski definition) is 3. The summed E-state index contributed by atoms with van der Waals surface area (Å²) in [5, 5.41) is 0. The van der Waals surface area contributed by atoms with Crippen LogP contribution in [0.1, 0.15) is 11.1 Å². The molecule has 0 aliphatic carbocycles. The van der Waals surface area contributed by atoms with E-state index in [0.29, 0.717) is 0 Å². The van der Waals surface area contributed by atoms with E-state index >= 15 is 0 Å². The van der Waals surface area contributed by atoms with Gasteiger partial charge in [0.1, 0.15) is 0 Å². The lowest BCUT2D eigenvalue weighted by molar-refractivity contribution is 1.02. The van der Waals surface area contributed by atoms with Crippen molar-refractivity contribution in [2.75, 3.05) is 11.9 Å². The molecule has 0 N–H and O–H groups in total. The Balaban J connectivity index is 2.20. The molecule has 1 aliphatic rings. The Labute approximate surface area is 88.4 Å². The molecule has 3 rings (SSSR count). The third-order valence-electron chi connectivity index (χ3n) is 2.86. The van der Waals surface area contributed by atoms with E-state index < -0.39 is 0 Å². The second-order valence-electron chi connectivity index (χ2n) is 3.74. The smallest absolute Gasteiger partial charge is 0.0475 e. The van der Waals surface area contributed by atoms with E-state index in [1.54, 1.807) is 0 Å². The molecule has 0 unspecified atom stereocenters. The first-order valence-electron chi connectivity index (χ1n) is 4.96. The Morgan fingerprint density at radius 3 is 2.07 bits per heavy atom. The Kier molecular flexibility index (Phi) is 1.71. The Morgan fingerprint density at radius 2 is 1.53 bits per heavy atom. The van der Waals surface area contributed by atoms with E-state index in [1.807, 2.05) is 24.8 Å². The molecule has 0 amide bonds. The van der Waals surface area contributed by atoms with Crippen LogP contribution < -0.4 is 4.90 Å². The van der Waals surface area contributed by atoms with Crippen LogP contribution in [0.25, 0.3) is 0 Å². The van der Waals surface area contributed by atoms with E-state index in [1.165, 1.54) is 22.5 Å². The van der Waals surface area contributed by atoms with Crippen molar-refractivity contribution in [2.45, 2.75) is 6.42 Å². The quantitative estimate of drug-likeness (QED) is 0.648. The van der Waals surface area contributed by atoms with E-state index in [-0.39, 0.29) is 0 Å². The van der Waals surface area contributed by atoms with Crippen LogP contribution in [0.4, 0.5) is 11.4 Å². The summed E-state index contributed by atoms with van der Waals surface area (Å²) in [4.78, 5) is 10.5. The SMILES string of the molecule is CN1c2ccncc2Cc2cnccc21. The minimum absolute atomic E-state index is 0.927. The third-order valence-corrected chi connectivity index (χ3v) is 2.86. The molecule has 15 heavy (non-hydrogen) atoms. The average Bonchev–Trinajstić information content (AvgIpc) is 2.30. The number of fused-ring (bicyclic) bond motifs is 2. The number of aromatic nitrogens is 2. The summed E-state index contributed by atoms with van der Waals surface area (Å²) < 4.78 is 0. The van der Waals surface area contributed by atoms with Gasteiger partial charge in [0.25, 0.3) is 0 Å². The molecule has 0 saturated heterocycles. The maximum atomic E-state index is 4.16. The summed E-state index contributed by atoms with van der Waals surface area (Å²) in [6.45, 7) is 0. The zero-order valence-electron chi connectivity index (χ0n) is 8.51. The first kappa shape index (κ1) is 8.41. The molecule has 2 aromatic rings. The Bertz CT molecular complexity index is 462. The van der Waals surface area contributed by atoms with Crippen molar-refractivity contribution in [1.29, 1.82) is 0 Å².